The number of nitrogens with one attached hydrogen (secondary N) is 1. The third-order valence-electron chi connectivity index (χ3n) is 2.75. The molecule has 0 spiro atoms. The van der Waals surface area contributed by atoms with Crippen molar-refractivity contribution in [2.24, 2.45) is 5.41 Å². The molecule has 1 atom stereocenters. The minimum atomic E-state index is -0.932. The molecule has 1 rings (SSSR count). The molecule has 1 aromatic rings. The molecule has 20 heavy (non-hydrogen) atoms. The van der Waals surface area contributed by atoms with E-state index in [2.05, 4.69) is 5.32 Å². The molecule has 0 saturated heterocycles. The van der Waals surface area contributed by atoms with E-state index in [0.717, 1.165) is 23.9 Å². The van der Waals surface area contributed by atoms with E-state index >= 15 is 0 Å². The van der Waals surface area contributed by atoms with Crippen LogP contribution in [0.15, 0.2) is 23.1 Å². The van der Waals surface area contributed by atoms with Gasteiger partial charge >= 0.3 is 0 Å². The summed E-state index contributed by atoms with van der Waals surface area (Å²) in [6, 6.07) is 3.50. The Balaban J connectivity index is 2.38. The summed E-state index contributed by atoms with van der Waals surface area (Å²) < 4.78 is 25.7. The second kappa shape index (κ2) is 7.04. The summed E-state index contributed by atoms with van der Waals surface area (Å²) >= 11 is 1.11. The average molecular weight is 303 g/mol. The van der Waals surface area contributed by atoms with Crippen LogP contribution < -0.4 is 5.32 Å². The summed E-state index contributed by atoms with van der Waals surface area (Å²) in [6.07, 6.45) is -0.639. The van der Waals surface area contributed by atoms with Crippen LogP contribution in [0.3, 0.4) is 0 Å². The molecule has 1 unspecified atom stereocenters. The van der Waals surface area contributed by atoms with E-state index in [4.69, 9.17) is 0 Å². The van der Waals surface area contributed by atoms with Gasteiger partial charge in [-0.2, -0.15) is 0 Å². The quantitative estimate of drug-likeness (QED) is 0.822. The molecular formula is C14H19F2NO2S. The second-order valence-electron chi connectivity index (χ2n) is 5.55. The van der Waals surface area contributed by atoms with Crippen LogP contribution in [0.2, 0.25) is 0 Å². The minimum absolute atomic E-state index is 0.0853. The molecule has 3 nitrogen and oxygen atoms in total. The molecule has 1 amide bonds. The highest BCUT2D eigenvalue weighted by atomic mass is 32.2. The number of thioether (sulfide) groups is 1. The standard InChI is InChI=1S/C14H19F2NO2S/c1-14(2,3)12(18)7-17-13(19)8-20-9-4-5-10(15)11(16)6-9/h4-6,12,18H,7-8H2,1-3H3,(H,17,19). The largest absolute Gasteiger partial charge is 0.391 e. The van der Waals surface area contributed by atoms with Gasteiger partial charge in [0.05, 0.1) is 11.9 Å². The fourth-order valence-corrected chi connectivity index (χ4v) is 2.03. The highest BCUT2D eigenvalue weighted by Gasteiger charge is 2.22. The first-order chi connectivity index (χ1) is 9.20. The van der Waals surface area contributed by atoms with Gasteiger partial charge in [-0.3, -0.25) is 4.79 Å². The van der Waals surface area contributed by atoms with Gasteiger partial charge in [-0.25, -0.2) is 8.78 Å². The number of rotatable bonds is 5. The number of aliphatic hydroxyl groups is 1. The summed E-state index contributed by atoms with van der Waals surface area (Å²) in [6.45, 7) is 5.79. The van der Waals surface area contributed by atoms with E-state index in [0.29, 0.717) is 4.90 Å². The van der Waals surface area contributed by atoms with Gasteiger partial charge in [0.1, 0.15) is 0 Å². The Hall–Kier alpha value is -1.14. The zero-order chi connectivity index (χ0) is 15.3. The third-order valence-corrected chi connectivity index (χ3v) is 3.75. The number of hydrogen-bond donors (Lipinski definition) is 2. The maximum atomic E-state index is 13.0. The molecular weight excluding hydrogens is 284 g/mol. The van der Waals surface area contributed by atoms with Crippen LogP contribution in [0.25, 0.3) is 0 Å². The number of aliphatic hydroxyl groups excluding tert-OH is 1. The predicted molar refractivity (Wildman–Crippen MR) is 75.6 cm³/mol. The van der Waals surface area contributed by atoms with Gasteiger partial charge in [0, 0.05) is 11.4 Å². The Morgan fingerprint density at radius 2 is 2.00 bits per heavy atom. The molecule has 0 saturated carbocycles. The van der Waals surface area contributed by atoms with Crippen LogP contribution >= 0.6 is 11.8 Å². The maximum absolute atomic E-state index is 13.0. The molecule has 112 valence electrons. The Labute approximate surface area is 121 Å². The zero-order valence-corrected chi connectivity index (χ0v) is 12.6. The van der Waals surface area contributed by atoms with E-state index in [9.17, 15) is 18.7 Å². The lowest BCUT2D eigenvalue weighted by Gasteiger charge is -2.25. The van der Waals surface area contributed by atoms with Gasteiger partial charge < -0.3 is 10.4 Å². The van der Waals surface area contributed by atoms with Crippen molar-refractivity contribution in [3.8, 4) is 0 Å². The summed E-state index contributed by atoms with van der Waals surface area (Å²) in [5, 5.41) is 12.4. The first-order valence-electron chi connectivity index (χ1n) is 6.23. The SMILES string of the molecule is CC(C)(C)C(O)CNC(=O)CSc1ccc(F)c(F)c1. The lowest BCUT2D eigenvalue weighted by Crippen LogP contribution is -2.39. The van der Waals surface area contributed by atoms with Gasteiger partial charge in [-0.15, -0.1) is 11.8 Å². The van der Waals surface area contributed by atoms with Crippen LogP contribution in [0, 0.1) is 17.0 Å². The van der Waals surface area contributed by atoms with Crippen LogP contribution in [0.5, 0.6) is 0 Å². The van der Waals surface area contributed by atoms with Gasteiger partial charge in [0.25, 0.3) is 0 Å². The first-order valence-corrected chi connectivity index (χ1v) is 7.21. The van der Waals surface area contributed by atoms with Crippen molar-refractivity contribution in [1.82, 2.24) is 5.32 Å². The topological polar surface area (TPSA) is 49.3 Å². The van der Waals surface area contributed by atoms with Crippen molar-refractivity contribution < 1.29 is 18.7 Å². The van der Waals surface area contributed by atoms with E-state index in [-0.39, 0.29) is 23.6 Å². The normalized spacial score (nSPS) is 13.1. The van der Waals surface area contributed by atoms with E-state index < -0.39 is 17.7 Å². The van der Waals surface area contributed by atoms with Gasteiger partial charge in [0.2, 0.25) is 5.91 Å². The summed E-state index contributed by atoms with van der Waals surface area (Å²) in [7, 11) is 0. The van der Waals surface area contributed by atoms with Crippen LogP contribution in [0.1, 0.15) is 20.8 Å². The number of halogens is 2. The highest BCUT2D eigenvalue weighted by molar-refractivity contribution is 8.00. The molecule has 0 aromatic heterocycles. The molecule has 2 N–H and O–H groups in total. The fourth-order valence-electron chi connectivity index (χ4n) is 1.28. The van der Waals surface area contributed by atoms with Crippen LogP contribution in [0.4, 0.5) is 8.78 Å². The predicted octanol–water partition coefficient (Wildman–Crippen LogP) is 2.58. The van der Waals surface area contributed by atoms with Crippen molar-refractivity contribution in [3.63, 3.8) is 0 Å². The van der Waals surface area contributed by atoms with E-state index in [1.165, 1.54) is 6.07 Å². The third kappa shape index (κ3) is 5.46. The number of carbonyl (C=O) groups excluding carboxylic acids is 1. The molecule has 0 aliphatic rings. The first kappa shape index (κ1) is 16.9. The van der Waals surface area contributed by atoms with Crippen molar-refractivity contribution in [2.45, 2.75) is 31.8 Å². The average Bonchev–Trinajstić information content (AvgIpc) is 2.36. The second-order valence-corrected chi connectivity index (χ2v) is 6.60. The summed E-state index contributed by atoms with van der Waals surface area (Å²) in [5.74, 6) is -2.02. The van der Waals surface area contributed by atoms with Crippen molar-refractivity contribution >= 4 is 17.7 Å². The molecule has 0 radical (unpaired) electrons. The highest BCUT2D eigenvalue weighted by Crippen LogP contribution is 2.20. The lowest BCUT2D eigenvalue weighted by molar-refractivity contribution is -0.119. The molecule has 0 aliphatic heterocycles. The van der Waals surface area contributed by atoms with Gasteiger partial charge in [-0.1, -0.05) is 20.8 Å². The van der Waals surface area contributed by atoms with Gasteiger partial charge in [-0.05, 0) is 23.6 Å². The van der Waals surface area contributed by atoms with Crippen LogP contribution in [-0.4, -0.2) is 29.4 Å². The lowest BCUT2D eigenvalue weighted by atomic mass is 9.89. The molecule has 0 bridgehead atoms. The van der Waals surface area contributed by atoms with Crippen LogP contribution in [-0.2, 0) is 4.79 Å². The smallest absolute Gasteiger partial charge is 0.230 e. The molecule has 0 aliphatic carbocycles. The number of carbonyl (C=O) groups is 1. The number of amides is 1. The van der Waals surface area contributed by atoms with E-state index in [1.54, 1.807) is 0 Å². The Kier molecular flexibility index (Phi) is 5.95. The van der Waals surface area contributed by atoms with Crippen molar-refractivity contribution in [2.75, 3.05) is 12.3 Å². The van der Waals surface area contributed by atoms with Crippen molar-refractivity contribution in [3.05, 3.63) is 29.8 Å². The minimum Gasteiger partial charge on any atom is -0.391 e. The Morgan fingerprint density at radius 3 is 2.55 bits per heavy atom. The summed E-state index contributed by atoms with van der Waals surface area (Å²) in [5.41, 5.74) is -0.305. The fraction of sp³-hybridized carbons (Fsp3) is 0.500. The molecule has 1 aromatic carbocycles. The van der Waals surface area contributed by atoms with E-state index in [1.807, 2.05) is 20.8 Å². The molecule has 0 fully saturated rings. The van der Waals surface area contributed by atoms with Gasteiger partial charge in [0.15, 0.2) is 11.6 Å². The maximum Gasteiger partial charge on any atom is 0.230 e. The zero-order valence-electron chi connectivity index (χ0n) is 11.7. The monoisotopic (exact) mass is 303 g/mol. The summed E-state index contributed by atoms with van der Waals surface area (Å²) in [4.78, 5) is 12.1. The Morgan fingerprint density at radius 1 is 1.35 bits per heavy atom. The number of benzene rings is 1. The Bertz CT molecular complexity index is 475. The number of hydrogen-bond acceptors (Lipinski definition) is 3. The van der Waals surface area contributed by atoms with Crippen molar-refractivity contribution in [1.29, 1.82) is 0 Å². The molecule has 6 heteroatoms. The molecule has 0 heterocycles.